The van der Waals surface area contributed by atoms with E-state index in [0.717, 1.165) is 34.0 Å². The highest BCUT2D eigenvalue weighted by atomic mass is 79.9. The Labute approximate surface area is 191 Å². The minimum atomic E-state index is -1.34. The van der Waals surface area contributed by atoms with Gasteiger partial charge in [0.1, 0.15) is 0 Å². The molecule has 0 fully saturated rings. The van der Waals surface area contributed by atoms with Crippen LogP contribution in [0.1, 0.15) is 57.4 Å². The van der Waals surface area contributed by atoms with Gasteiger partial charge in [-0.2, -0.15) is 0 Å². The number of amides is 1. The number of nitrogens with zero attached hydrogens (tertiary/aromatic N) is 1. The third-order valence-corrected chi connectivity index (χ3v) is 5.96. The van der Waals surface area contributed by atoms with Crippen molar-refractivity contribution in [2.75, 3.05) is 0 Å². The molecule has 0 saturated carbocycles. The van der Waals surface area contributed by atoms with Gasteiger partial charge < -0.3 is 10.1 Å². The fourth-order valence-electron chi connectivity index (χ4n) is 3.08. The second kappa shape index (κ2) is 11.1. The first-order valence-corrected chi connectivity index (χ1v) is 11.8. The van der Waals surface area contributed by atoms with Crippen LogP contribution in [0.5, 0.6) is 0 Å². The van der Waals surface area contributed by atoms with E-state index in [4.69, 9.17) is 4.74 Å². The molecule has 1 amide bonds. The summed E-state index contributed by atoms with van der Waals surface area (Å²) in [7, 11) is 0. The molecule has 0 radical (unpaired) electrons. The Morgan fingerprint density at radius 1 is 1.20 bits per heavy atom. The fraction of sp³-hybridized carbons (Fsp3) is 0.478. The van der Waals surface area contributed by atoms with Gasteiger partial charge in [0, 0.05) is 34.4 Å². The molecule has 1 N–H and O–H groups in total. The van der Waals surface area contributed by atoms with E-state index in [1.54, 1.807) is 11.3 Å². The van der Waals surface area contributed by atoms with Crippen LogP contribution in [0.3, 0.4) is 0 Å². The van der Waals surface area contributed by atoms with Gasteiger partial charge in [-0.3, -0.25) is 9.69 Å². The Kier molecular flexibility index (Phi) is 9.07. The molecule has 1 aromatic carbocycles. The number of alkyl carbamates (subject to hydrolysis) is 1. The molecule has 0 spiro atoms. The number of benzene rings is 1. The summed E-state index contributed by atoms with van der Waals surface area (Å²) in [5.74, 6) is 0. The van der Waals surface area contributed by atoms with E-state index >= 15 is 0 Å². The zero-order valence-electron chi connectivity index (χ0n) is 18.1. The summed E-state index contributed by atoms with van der Waals surface area (Å²) in [6.07, 6.45) is 2.30. The molecule has 0 bridgehead atoms. The van der Waals surface area contributed by atoms with E-state index in [2.05, 4.69) is 28.2 Å². The number of aldehydes is 1. The first-order valence-electron chi connectivity index (χ1n) is 10.2. The van der Waals surface area contributed by atoms with Gasteiger partial charge >= 0.3 is 6.09 Å². The van der Waals surface area contributed by atoms with Crippen LogP contribution in [-0.2, 0) is 22.6 Å². The summed E-state index contributed by atoms with van der Waals surface area (Å²) in [5.41, 5.74) is -0.763. The fourth-order valence-corrected chi connectivity index (χ4v) is 4.06. The Bertz CT molecular complexity index is 803. The zero-order valence-corrected chi connectivity index (χ0v) is 20.5. The highest BCUT2D eigenvalue weighted by molar-refractivity contribution is 9.10. The van der Waals surface area contributed by atoms with Gasteiger partial charge in [0.15, 0.2) is 6.29 Å². The van der Waals surface area contributed by atoms with Crippen molar-refractivity contribution in [3.63, 3.8) is 0 Å². The monoisotopic (exact) mass is 494 g/mol. The first kappa shape index (κ1) is 24.6. The highest BCUT2D eigenvalue weighted by Gasteiger charge is 2.41. The standard InChI is InChI=1S/C23H31BrN2O3S/c1-5-6-13-23(17-27,29-21(28)25-22(2,3)4)26(16-20-8-7-14-30-20)15-18-9-11-19(24)12-10-18/h7-12,14,17H,5-6,13,15-16H2,1-4H3,(H,25,28)/t23-/m0/s1. The molecule has 0 aliphatic rings. The van der Waals surface area contributed by atoms with Crippen LogP contribution < -0.4 is 5.32 Å². The first-order chi connectivity index (χ1) is 14.2. The average Bonchev–Trinajstić information content (AvgIpc) is 3.18. The number of ether oxygens (including phenoxy) is 1. The molecule has 0 aliphatic carbocycles. The van der Waals surface area contributed by atoms with Crippen LogP contribution in [0.2, 0.25) is 0 Å². The van der Waals surface area contributed by atoms with Crippen LogP contribution in [0, 0.1) is 0 Å². The van der Waals surface area contributed by atoms with Crippen LogP contribution in [0.25, 0.3) is 0 Å². The normalized spacial score (nSPS) is 13.7. The molecular formula is C23H31BrN2O3S. The molecule has 1 heterocycles. The SMILES string of the molecule is CCCC[C@@](C=O)(OC(=O)NC(C)(C)C)N(Cc1ccc(Br)cc1)Cc1cccs1. The Morgan fingerprint density at radius 3 is 2.43 bits per heavy atom. The van der Waals surface area contributed by atoms with Crippen LogP contribution >= 0.6 is 27.3 Å². The average molecular weight is 495 g/mol. The van der Waals surface area contributed by atoms with E-state index < -0.39 is 17.4 Å². The van der Waals surface area contributed by atoms with Gasteiger partial charge in [-0.1, -0.05) is 47.5 Å². The molecule has 164 valence electrons. The highest BCUT2D eigenvalue weighted by Crippen LogP contribution is 2.29. The van der Waals surface area contributed by atoms with Crippen LogP contribution in [-0.4, -0.2) is 28.5 Å². The van der Waals surface area contributed by atoms with Gasteiger partial charge in [0.05, 0.1) is 0 Å². The summed E-state index contributed by atoms with van der Waals surface area (Å²) in [6, 6.07) is 12.0. The molecule has 2 rings (SSSR count). The van der Waals surface area contributed by atoms with Crippen molar-refractivity contribution in [3.8, 4) is 0 Å². The van der Waals surface area contributed by atoms with Crippen molar-refractivity contribution in [1.29, 1.82) is 0 Å². The maximum atomic E-state index is 12.7. The lowest BCUT2D eigenvalue weighted by molar-refractivity contribution is -0.154. The second-order valence-electron chi connectivity index (χ2n) is 8.39. The summed E-state index contributed by atoms with van der Waals surface area (Å²) in [6.45, 7) is 8.70. The lowest BCUT2D eigenvalue weighted by atomic mass is 10.0. The van der Waals surface area contributed by atoms with Crippen LogP contribution in [0.4, 0.5) is 4.79 Å². The molecular weight excluding hydrogens is 464 g/mol. The van der Waals surface area contributed by atoms with E-state index in [9.17, 15) is 9.59 Å². The minimum Gasteiger partial charge on any atom is -0.420 e. The maximum Gasteiger partial charge on any atom is 0.409 e. The van der Waals surface area contributed by atoms with E-state index in [-0.39, 0.29) is 0 Å². The van der Waals surface area contributed by atoms with E-state index in [0.29, 0.717) is 19.5 Å². The number of thiophene rings is 1. The molecule has 2 aromatic rings. The van der Waals surface area contributed by atoms with Crippen molar-refractivity contribution in [1.82, 2.24) is 10.2 Å². The number of carbonyl (C=O) groups excluding carboxylic acids is 2. The maximum absolute atomic E-state index is 12.7. The number of hydrogen-bond donors (Lipinski definition) is 1. The number of carbonyl (C=O) groups is 2. The second-order valence-corrected chi connectivity index (χ2v) is 10.3. The molecule has 1 aromatic heterocycles. The summed E-state index contributed by atoms with van der Waals surface area (Å²) >= 11 is 5.08. The quantitative estimate of drug-likeness (QED) is 0.319. The summed E-state index contributed by atoms with van der Waals surface area (Å²) in [5, 5.41) is 4.83. The van der Waals surface area contributed by atoms with Crippen molar-refractivity contribution >= 4 is 39.6 Å². The topological polar surface area (TPSA) is 58.6 Å². The molecule has 5 nitrogen and oxygen atoms in total. The molecule has 1 atom stereocenters. The lowest BCUT2D eigenvalue weighted by Crippen LogP contribution is -2.55. The number of unbranched alkanes of at least 4 members (excludes halogenated alkanes) is 1. The Morgan fingerprint density at radius 2 is 1.90 bits per heavy atom. The van der Waals surface area contributed by atoms with E-state index in [1.807, 2.05) is 67.4 Å². The van der Waals surface area contributed by atoms with Crippen molar-refractivity contribution in [2.24, 2.45) is 0 Å². The number of nitrogens with one attached hydrogen (secondary N) is 1. The van der Waals surface area contributed by atoms with Gasteiger partial charge in [-0.05, 0) is 56.3 Å². The van der Waals surface area contributed by atoms with Crippen molar-refractivity contribution in [2.45, 2.75) is 71.3 Å². The summed E-state index contributed by atoms with van der Waals surface area (Å²) < 4.78 is 6.87. The van der Waals surface area contributed by atoms with Gasteiger partial charge in [0.25, 0.3) is 0 Å². The molecule has 30 heavy (non-hydrogen) atoms. The third kappa shape index (κ3) is 7.52. The molecule has 0 saturated heterocycles. The third-order valence-electron chi connectivity index (χ3n) is 4.57. The van der Waals surface area contributed by atoms with Crippen molar-refractivity contribution in [3.05, 3.63) is 56.7 Å². The predicted molar refractivity (Wildman–Crippen MR) is 125 cm³/mol. The number of rotatable bonds is 10. The largest absolute Gasteiger partial charge is 0.420 e. The van der Waals surface area contributed by atoms with Crippen LogP contribution in [0.15, 0.2) is 46.3 Å². The smallest absolute Gasteiger partial charge is 0.409 e. The Hall–Kier alpha value is -1.70. The Balaban J connectivity index is 2.39. The number of hydrogen-bond acceptors (Lipinski definition) is 5. The molecule has 0 aliphatic heterocycles. The predicted octanol–water partition coefficient (Wildman–Crippen LogP) is 6.12. The molecule has 7 heteroatoms. The zero-order chi connectivity index (χ0) is 22.2. The van der Waals surface area contributed by atoms with Crippen molar-refractivity contribution < 1.29 is 14.3 Å². The van der Waals surface area contributed by atoms with Gasteiger partial charge in [-0.25, -0.2) is 4.79 Å². The summed E-state index contributed by atoms with van der Waals surface area (Å²) in [4.78, 5) is 28.2. The lowest BCUT2D eigenvalue weighted by Gasteiger charge is -2.39. The number of halogens is 1. The minimum absolute atomic E-state index is 0.437. The van der Waals surface area contributed by atoms with Gasteiger partial charge in [-0.15, -0.1) is 11.3 Å². The van der Waals surface area contributed by atoms with Gasteiger partial charge in [0.2, 0.25) is 5.72 Å². The molecule has 0 unspecified atom stereocenters. The van der Waals surface area contributed by atoms with E-state index in [1.165, 1.54) is 0 Å².